The molecule has 3 rings (SSSR count). The Morgan fingerprint density at radius 1 is 1.18 bits per heavy atom. The lowest BCUT2D eigenvalue weighted by molar-refractivity contribution is 0.263. The van der Waals surface area contributed by atoms with Crippen molar-refractivity contribution in [2.24, 2.45) is 0 Å². The molecule has 0 spiro atoms. The Bertz CT molecular complexity index is 384. The first-order valence-corrected chi connectivity index (χ1v) is 7.40. The average Bonchev–Trinajstić information content (AvgIpc) is 2.59. The molecule has 2 fully saturated rings. The molecule has 5 heteroatoms. The summed E-state index contributed by atoms with van der Waals surface area (Å²) in [7, 11) is 0. The maximum absolute atomic E-state index is 12.5. The van der Waals surface area contributed by atoms with Crippen LogP contribution >= 0.6 is 11.6 Å². The van der Waals surface area contributed by atoms with Crippen LogP contribution in [0.4, 0.5) is 0 Å². The van der Waals surface area contributed by atoms with E-state index in [9.17, 15) is 4.55 Å². The molecule has 0 aromatic heterocycles. The van der Waals surface area contributed by atoms with Crippen molar-refractivity contribution in [3.05, 3.63) is 29.3 Å². The highest BCUT2D eigenvalue weighted by Gasteiger charge is 2.44. The van der Waals surface area contributed by atoms with E-state index in [4.69, 9.17) is 11.6 Å². The van der Waals surface area contributed by atoms with E-state index in [0.29, 0.717) is 17.1 Å². The predicted octanol–water partition coefficient (Wildman–Crippen LogP) is 1.80. The lowest BCUT2D eigenvalue weighted by atomic mass is 10.2. The highest BCUT2D eigenvalue weighted by Crippen LogP contribution is 2.32. The molecule has 0 radical (unpaired) electrons. The van der Waals surface area contributed by atoms with Gasteiger partial charge in [-0.15, -0.1) is 4.31 Å². The zero-order chi connectivity index (χ0) is 11.8. The fourth-order valence-electron chi connectivity index (χ4n) is 2.68. The molecule has 0 amide bonds. The Morgan fingerprint density at radius 3 is 2.35 bits per heavy atom. The smallest absolute Gasteiger partial charge is 0.174 e. The van der Waals surface area contributed by atoms with Crippen molar-refractivity contribution in [3.63, 3.8) is 0 Å². The quantitative estimate of drug-likeness (QED) is 0.833. The molecule has 0 aliphatic carbocycles. The largest absolute Gasteiger partial charge is 0.593 e. The molecule has 2 aliphatic rings. The molecule has 2 saturated heterocycles. The van der Waals surface area contributed by atoms with Gasteiger partial charge in [-0.3, -0.25) is 0 Å². The van der Waals surface area contributed by atoms with Crippen LogP contribution in [0.3, 0.4) is 0 Å². The molecule has 1 aromatic rings. The second kappa shape index (κ2) is 4.78. The van der Waals surface area contributed by atoms with Crippen LogP contribution in [0, 0.1) is 0 Å². The maximum Gasteiger partial charge on any atom is 0.174 e. The summed E-state index contributed by atoms with van der Waals surface area (Å²) in [4.78, 5) is 0.855. The van der Waals surface area contributed by atoms with Crippen molar-refractivity contribution in [3.8, 4) is 0 Å². The summed E-state index contributed by atoms with van der Waals surface area (Å²) in [6.45, 7) is 1.91. The van der Waals surface area contributed by atoms with Crippen LogP contribution in [0.5, 0.6) is 0 Å². The van der Waals surface area contributed by atoms with Gasteiger partial charge in [0.2, 0.25) is 0 Å². The number of fused-ring (bicyclic) bond motifs is 2. The Labute approximate surface area is 109 Å². The summed E-state index contributed by atoms with van der Waals surface area (Å²) in [6, 6.07) is 8.17. The van der Waals surface area contributed by atoms with Gasteiger partial charge in [-0.2, -0.15) is 0 Å². The molecule has 2 aliphatic heterocycles. The summed E-state index contributed by atoms with van der Waals surface area (Å²) in [6.07, 6.45) is 2.30. The molecule has 0 saturated carbocycles. The van der Waals surface area contributed by atoms with E-state index in [-0.39, 0.29) is 0 Å². The third kappa shape index (κ3) is 2.20. The minimum Gasteiger partial charge on any atom is -0.593 e. The Morgan fingerprint density at radius 2 is 1.76 bits per heavy atom. The van der Waals surface area contributed by atoms with E-state index in [2.05, 4.69) is 9.62 Å². The van der Waals surface area contributed by atoms with Crippen molar-refractivity contribution < 1.29 is 4.55 Å². The van der Waals surface area contributed by atoms with E-state index in [1.807, 2.05) is 12.1 Å². The van der Waals surface area contributed by atoms with Crippen LogP contribution in [0.25, 0.3) is 0 Å². The maximum atomic E-state index is 12.5. The third-order valence-corrected chi connectivity index (χ3v) is 5.43. The zero-order valence-corrected chi connectivity index (χ0v) is 11.0. The Balaban J connectivity index is 1.82. The topological polar surface area (TPSA) is 38.3 Å². The number of nitrogens with one attached hydrogen (secondary N) is 1. The van der Waals surface area contributed by atoms with Crippen molar-refractivity contribution in [1.82, 2.24) is 9.62 Å². The number of rotatable bonds is 2. The molecule has 1 N–H and O–H groups in total. The van der Waals surface area contributed by atoms with E-state index < -0.39 is 11.4 Å². The van der Waals surface area contributed by atoms with Gasteiger partial charge in [-0.25, -0.2) is 0 Å². The van der Waals surface area contributed by atoms with Crippen LogP contribution in [0.15, 0.2) is 29.2 Å². The first-order valence-electron chi connectivity index (χ1n) is 5.92. The molecule has 3 nitrogen and oxygen atoms in total. The van der Waals surface area contributed by atoms with Crippen LogP contribution in [-0.4, -0.2) is 34.0 Å². The number of piperazine rings is 1. The fraction of sp³-hybridized carbons (Fsp3) is 0.500. The van der Waals surface area contributed by atoms with Crippen LogP contribution < -0.4 is 5.32 Å². The van der Waals surface area contributed by atoms with Gasteiger partial charge in [0.05, 0.1) is 23.4 Å². The van der Waals surface area contributed by atoms with E-state index in [1.54, 1.807) is 12.1 Å². The molecular weight excluding hydrogens is 256 g/mol. The summed E-state index contributed by atoms with van der Waals surface area (Å²) in [5, 5.41) is 4.08. The third-order valence-electron chi connectivity index (χ3n) is 3.52. The van der Waals surface area contributed by atoms with Crippen molar-refractivity contribution in [2.45, 2.75) is 29.8 Å². The first kappa shape index (κ1) is 11.8. The Hall–Kier alpha value is -0.260. The van der Waals surface area contributed by atoms with E-state index >= 15 is 0 Å². The number of hydrogen-bond acceptors (Lipinski definition) is 3. The van der Waals surface area contributed by atoms with Gasteiger partial charge in [0, 0.05) is 18.1 Å². The highest BCUT2D eigenvalue weighted by atomic mass is 35.5. The molecule has 92 valence electrons. The Kier molecular flexibility index (Phi) is 3.32. The number of nitrogens with zero attached hydrogens (tertiary/aromatic N) is 1. The second-order valence-electron chi connectivity index (χ2n) is 4.61. The van der Waals surface area contributed by atoms with Gasteiger partial charge >= 0.3 is 0 Å². The predicted molar refractivity (Wildman–Crippen MR) is 69.4 cm³/mol. The summed E-state index contributed by atoms with van der Waals surface area (Å²) in [5.41, 5.74) is 0. The van der Waals surface area contributed by atoms with Gasteiger partial charge in [-0.1, -0.05) is 11.6 Å². The normalized spacial score (nSPS) is 30.5. The van der Waals surface area contributed by atoms with Crippen LogP contribution in [-0.2, 0) is 11.4 Å². The summed E-state index contributed by atoms with van der Waals surface area (Å²) in [5.74, 6) is 0. The molecule has 2 heterocycles. The van der Waals surface area contributed by atoms with Gasteiger partial charge in [-0.05, 0) is 37.1 Å². The molecule has 17 heavy (non-hydrogen) atoms. The standard InChI is InChI=1S/C12H15ClN2OS/c13-9-1-5-12(6-2-9)17(16)15-10-3-4-11(15)8-14-7-10/h1-2,5-6,10-11,14H,3-4,7-8H2. The zero-order valence-electron chi connectivity index (χ0n) is 9.43. The molecular formula is C12H15ClN2OS. The van der Waals surface area contributed by atoms with Crippen LogP contribution in [0.1, 0.15) is 12.8 Å². The second-order valence-corrected chi connectivity index (χ2v) is 6.43. The number of benzene rings is 1. The van der Waals surface area contributed by atoms with E-state index in [0.717, 1.165) is 30.8 Å². The summed E-state index contributed by atoms with van der Waals surface area (Å²) < 4.78 is 14.7. The van der Waals surface area contributed by atoms with Gasteiger partial charge in [0.15, 0.2) is 4.90 Å². The molecule has 1 aromatic carbocycles. The molecule has 2 bridgehead atoms. The lowest BCUT2D eigenvalue weighted by Crippen LogP contribution is -2.53. The fourth-order valence-corrected chi connectivity index (χ4v) is 4.32. The van der Waals surface area contributed by atoms with Crippen molar-refractivity contribution in [2.75, 3.05) is 13.1 Å². The SMILES string of the molecule is [O-][S+](c1ccc(Cl)cc1)N1C2CCC1CNC2. The van der Waals surface area contributed by atoms with Gasteiger partial charge in [0.25, 0.3) is 0 Å². The monoisotopic (exact) mass is 270 g/mol. The lowest BCUT2D eigenvalue weighted by Gasteiger charge is -2.34. The number of hydrogen-bond donors (Lipinski definition) is 1. The van der Waals surface area contributed by atoms with Crippen LogP contribution in [0.2, 0.25) is 5.02 Å². The molecule has 3 unspecified atom stereocenters. The summed E-state index contributed by atoms with van der Waals surface area (Å²) >= 11 is 4.81. The van der Waals surface area contributed by atoms with Crippen molar-refractivity contribution >= 4 is 23.0 Å². The molecule has 3 atom stereocenters. The van der Waals surface area contributed by atoms with E-state index in [1.165, 1.54) is 0 Å². The van der Waals surface area contributed by atoms with Crippen molar-refractivity contribution in [1.29, 1.82) is 0 Å². The minimum absolute atomic E-state index is 0.422. The average molecular weight is 271 g/mol. The van der Waals surface area contributed by atoms with Gasteiger partial charge < -0.3 is 9.87 Å². The highest BCUT2D eigenvalue weighted by molar-refractivity contribution is 7.89. The van der Waals surface area contributed by atoms with Gasteiger partial charge in [0.1, 0.15) is 0 Å². The number of halogens is 1. The minimum atomic E-state index is -1.04. The first-order chi connectivity index (χ1) is 8.25.